The second-order valence-corrected chi connectivity index (χ2v) is 4.58. The van der Waals surface area contributed by atoms with E-state index >= 15 is 0 Å². The zero-order valence-electron chi connectivity index (χ0n) is 12.5. The number of hydrogen-bond donors (Lipinski definition) is 0. The first kappa shape index (κ1) is 15.0. The van der Waals surface area contributed by atoms with Crippen molar-refractivity contribution >= 4 is 5.78 Å². The first-order chi connectivity index (χ1) is 10.0. The molecule has 0 saturated carbocycles. The molecular formula is C15H18N2O4. The molecule has 0 aliphatic heterocycles. The van der Waals surface area contributed by atoms with Crippen molar-refractivity contribution in [3.63, 3.8) is 0 Å². The summed E-state index contributed by atoms with van der Waals surface area (Å²) in [7, 11) is 1.56. The molecular weight excluding hydrogens is 272 g/mol. The standard InChI is InChI=1S/C15H18N2O4/c1-5-14-16-15(21-17-14)10(3)20-13-8-11(19-4)6-7-12(13)9(2)18/h6-8,10H,5H2,1-4H3/t10-/m0/s1. The molecule has 2 rings (SSSR count). The summed E-state index contributed by atoms with van der Waals surface area (Å²) in [5.74, 6) is 1.97. The van der Waals surface area contributed by atoms with Crippen LogP contribution in [0.1, 0.15) is 48.9 Å². The van der Waals surface area contributed by atoms with E-state index in [1.165, 1.54) is 6.92 Å². The van der Waals surface area contributed by atoms with Crippen LogP contribution in [-0.2, 0) is 6.42 Å². The highest BCUT2D eigenvalue weighted by molar-refractivity contribution is 5.97. The molecule has 6 heteroatoms. The lowest BCUT2D eigenvalue weighted by molar-refractivity contribution is 0.100. The van der Waals surface area contributed by atoms with Crippen LogP contribution in [0.2, 0.25) is 0 Å². The molecule has 6 nitrogen and oxygen atoms in total. The molecule has 112 valence electrons. The second kappa shape index (κ2) is 6.39. The van der Waals surface area contributed by atoms with Crippen molar-refractivity contribution in [3.8, 4) is 11.5 Å². The number of hydrogen-bond acceptors (Lipinski definition) is 6. The monoisotopic (exact) mass is 290 g/mol. The van der Waals surface area contributed by atoms with E-state index in [1.54, 1.807) is 32.2 Å². The van der Waals surface area contributed by atoms with Gasteiger partial charge in [0.05, 0.1) is 12.7 Å². The maximum atomic E-state index is 11.7. The van der Waals surface area contributed by atoms with Gasteiger partial charge in [0, 0.05) is 12.5 Å². The van der Waals surface area contributed by atoms with E-state index in [0.717, 1.165) is 0 Å². The number of benzene rings is 1. The third kappa shape index (κ3) is 3.39. The van der Waals surface area contributed by atoms with Gasteiger partial charge >= 0.3 is 0 Å². The third-order valence-corrected chi connectivity index (χ3v) is 3.02. The summed E-state index contributed by atoms with van der Waals surface area (Å²) >= 11 is 0. The Balaban J connectivity index is 2.26. The Kier molecular flexibility index (Phi) is 4.57. The lowest BCUT2D eigenvalue weighted by Gasteiger charge is -2.14. The van der Waals surface area contributed by atoms with Crippen molar-refractivity contribution in [2.75, 3.05) is 7.11 Å². The first-order valence-electron chi connectivity index (χ1n) is 6.73. The first-order valence-corrected chi connectivity index (χ1v) is 6.73. The van der Waals surface area contributed by atoms with E-state index in [9.17, 15) is 4.79 Å². The maximum Gasteiger partial charge on any atom is 0.267 e. The summed E-state index contributed by atoms with van der Waals surface area (Å²) in [6, 6.07) is 5.06. The Morgan fingerprint density at radius 3 is 2.76 bits per heavy atom. The van der Waals surface area contributed by atoms with Crippen LogP contribution in [-0.4, -0.2) is 23.0 Å². The Hall–Kier alpha value is -2.37. The molecule has 0 amide bonds. The Morgan fingerprint density at radius 1 is 1.43 bits per heavy atom. The van der Waals surface area contributed by atoms with Gasteiger partial charge in [0.25, 0.3) is 5.89 Å². The molecule has 0 bridgehead atoms. The van der Waals surface area contributed by atoms with Crippen LogP contribution in [0, 0.1) is 0 Å². The molecule has 1 aromatic heterocycles. The minimum Gasteiger partial charge on any atom is -0.497 e. The van der Waals surface area contributed by atoms with E-state index in [1.807, 2.05) is 6.92 Å². The van der Waals surface area contributed by atoms with Crippen LogP contribution in [0.3, 0.4) is 0 Å². The predicted octanol–water partition coefficient (Wildman–Crippen LogP) is 2.98. The van der Waals surface area contributed by atoms with Crippen LogP contribution >= 0.6 is 0 Å². The average Bonchev–Trinajstić information content (AvgIpc) is 2.95. The van der Waals surface area contributed by atoms with Gasteiger partial charge in [-0.3, -0.25) is 4.79 Å². The van der Waals surface area contributed by atoms with Gasteiger partial charge in [0.15, 0.2) is 17.7 Å². The summed E-state index contributed by atoms with van der Waals surface area (Å²) in [6.45, 7) is 5.22. The van der Waals surface area contributed by atoms with Crippen LogP contribution < -0.4 is 9.47 Å². The normalized spacial score (nSPS) is 12.0. The molecule has 0 spiro atoms. The predicted molar refractivity (Wildman–Crippen MR) is 75.7 cm³/mol. The second-order valence-electron chi connectivity index (χ2n) is 4.58. The van der Waals surface area contributed by atoms with E-state index in [2.05, 4.69) is 10.1 Å². The van der Waals surface area contributed by atoms with Crippen molar-refractivity contribution < 1.29 is 18.8 Å². The van der Waals surface area contributed by atoms with Gasteiger partial charge in [0.1, 0.15) is 11.5 Å². The highest BCUT2D eigenvalue weighted by Crippen LogP contribution is 2.29. The van der Waals surface area contributed by atoms with Crippen molar-refractivity contribution in [2.24, 2.45) is 0 Å². The smallest absolute Gasteiger partial charge is 0.267 e. The zero-order chi connectivity index (χ0) is 15.4. The average molecular weight is 290 g/mol. The highest BCUT2D eigenvalue weighted by Gasteiger charge is 2.18. The molecule has 1 aromatic carbocycles. The largest absolute Gasteiger partial charge is 0.497 e. The Labute approximate surface area is 123 Å². The van der Waals surface area contributed by atoms with Crippen LogP contribution in [0.4, 0.5) is 0 Å². The zero-order valence-corrected chi connectivity index (χ0v) is 12.5. The summed E-state index contributed by atoms with van der Waals surface area (Å²) in [6.07, 6.45) is 0.233. The summed E-state index contributed by atoms with van der Waals surface area (Å²) in [5.41, 5.74) is 0.484. The van der Waals surface area contributed by atoms with Gasteiger partial charge in [-0.1, -0.05) is 12.1 Å². The SMILES string of the molecule is CCc1noc([C@H](C)Oc2cc(OC)ccc2C(C)=O)n1. The number of aromatic nitrogens is 2. The number of aryl methyl sites for hydroxylation is 1. The minimum absolute atomic E-state index is 0.0837. The number of Topliss-reactive ketones (excluding diaryl/α,β-unsaturated/α-hetero) is 1. The van der Waals surface area contributed by atoms with Gasteiger partial charge in [-0.2, -0.15) is 4.98 Å². The molecule has 0 radical (unpaired) electrons. The minimum atomic E-state index is -0.456. The molecule has 0 aliphatic carbocycles. The Bertz CT molecular complexity index is 636. The molecule has 1 heterocycles. The molecule has 0 aliphatic rings. The quantitative estimate of drug-likeness (QED) is 0.761. The lowest BCUT2D eigenvalue weighted by atomic mass is 10.1. The van der Waals surface area contributed by atoms with Gasteiger partial charge < -0.3 is 14.0 Å². The van der Waals surface area contributed by atoms with Crippen molar-refractivity contribution in [3.05, 3.63) is 35.5 Å². The highest BCUT2D eigenvalue weighted by atomic mass is 16.5. The fourth-order valence-corrected chi connectivity index (χ4v) is 1.84. The van der Waals surface area contributed by atoms with Crippen molar-refractivity contribution in [2.45, 2.75) is 33.3 Å². The van der Waals surface area contributed by atoms with Crippen molar-refractivity contribution in [1.82, 2.24) is 10.1 Å². The van der Waals surface area contributed by atoms with E-state index in [4.69, 9.17) is 14.0 Å². The molecule has 1 atom stereocenters. The maximum absolute atomic E-state index is 11.7. The van der Waals surface area contributed by atoms with Gasteiger partial charge in [-0.15, -0.1) is 0 Å². The van der Waals surface area contributed by atoms with Crippen LogP contribution in [0.5, 0.6) is 11.5 Å². The summed E-state index contributed by atoms with van der Waals surface area (Å²) in [4.78, 5) is 15.9. The van der Waals surface area contributed by atoms with Crippen LogP contribution in [0.25, 0.3) is 0 Å². The number of nitrogens with zero attached hydrogens (tertiary/aromatic N) is 2. The van der Waals surface area contributed by atoms with E-state index in [-0.39, 0.29) is 5.78 Å². The summed E-state index contributed by atoms with van der Waals surface area (Å²) in [5, 5.41) is 3.83. The molecule has 0 fully saturated rings. The van der Waals surface area contributed by atoms with Gasteiger partial charge in [-0.25, -0.2) is 0 Å². The molecule has 21 heavy (non-hydrogen) atoms. The topological polar surface area (TPSA) is 74.5 Å². The van der Waals surface area contributed by atoms with Crippen molar-refractivity contribution in [1.29, 1.82) is 0 Å². The number of carbonyl (C=O) groups is 1. The van der Waals surface area contributed by atoms with Gasteiger partial charge in [-0.05, 0) is 26.0 Å². The fourth-order valence-electron chi connectivity index (χ4n) is 1.84. The molecule has 0 saturated heterocycles. The van der Waals surface area contributed by atoms with Crippen LogP contribution in [0.15, 0.2) is 22.7 Å². The number of rotatable bonds is 6. The molecule has 0 N–H and O–H groups in total. The van der Waals surface area contributed by atoms with E-state index < -0.39 is 6.10 Å². The Morgan fingerprint density at radius 2 is 2.19 bits per heavy atom. The molecule has 0 unspecified atom stereocenters. The van der Waals surface area contributed by atoms with E-state index in [0.29, 0.717) is 35.2 Å². The molecule has 2 aromatic rings. The third-order valence-electron chi connectivity index (χ3n) is 3.02. The lowest BCUT2D eigenvalue weighted by Crippen LogP contribution is -2.07. The number of carbonyl (C=O) groups excluding carboxylic acids is 1. The summed E-state index contributed by atoms with van der Waals surface area (Å²) < 4.78 is 16.1. The number of ether oxygens (including phenoxy) is 2. The van der Waals surface area contributed by atoms with Gasteiger partial charge in [0.2, 0.25) is 0 Å². The number of ketones is 1. The fraction of sp³-hybridized carbons (Fsp3) is 0.400. The number of methoxy groups -OCH3 is 1.